The molecule has 0 heterocycles. The number of carbonyl (C=O) groups excluding carboxylic acids is 3. The maximum absolute atomic E-state index is 12.4. The van der Waals surface area contributed by atoms with E-state index in [0.717, 1.165) is 4.90 Å². The molecule has 2 amide bonds. The van der Waals surface area contributed by atoms with E-state index in [-0.39, 0.29) is 11.8 Å². The van der Waals surface area contributed by atoms with Crippen LogP contribution in [-0.4, -0.2) is 40.1 Å². The van der Waals surface area contributed by atoms with Crippen molar-refractivity contribution in [2.75, 3.05) is 0 Å². The van der Waals surface area contributed by atoms with Gasteiger partial charge in [-0.1, -0.05) is 0 Å². The zero-order chi connectivity index (χ0) is 17.1. The largest absolute Gasteiger partial charge is 0.443 e. The molecule has 0 saturated heterocycles. The van der Waals surface area contributed by atoms with Crippen LogP contribution >= 0.6 is 0 Å². The standard InChI is InChI=1S/C16H27NO5/c1-15(2,3)21-13(19)17(14(20)22-16(4,5)6)11-7-9-12(18)10-8-11/h11H,7-10H2,1-6H3. The van der Waals surface area contributed by atoms with Crippen LogP contribution in [-0.2, 0) is 14.3 Å². The number of hydrogen-bond acceptors (Lipinski definition) is 5. The second kappa shape index (κ2) is 6.67. The lowest BCUT2D eigenvalue weighted by Crippen LogP contribution is -2.50. The molecule has 0 aromatic heterocycles. The van der Waals surface area contributed by atoms with E-state index in [2.05, 4.69) is 0 Å². The molecule has 0 spiro atoms. The van der Waals surface area contributed by atoms with Gasteiger partial charge in [0, 0.05) is 18.9 Å². The van der Waals surface area contributed by atoms with Crippen molar-refractivity contribution in [2.45, 2.75) is 84.5 Å². The number of nitrogens with zero attached hydrogens (tertiary/aromatic N) is 1. The first-order chi connectivity index (χ1) is 9.89. The molecule has 1 saturated carbocycles. The molecule has 6 nitrogen and oxygen atoms in total. The lowest BCUT2D eigenvalue weighted by molar-refractivity contribution is -0.121. The Morgan fingerprint density at radius 3 is 1.59 bits per heavy atom. The van der Waals surface area contributed by atoms with E-state index >= 15 is 0 Å². The Balaban J connectivity index is 2.91. The van der Waals surface area contributed by atoms with Gasteiger partial charge < -0.3 is 9.47 Å². The summed E-state index contributed by atoms with van der Waals surface area (Å²) in [4.78, 5) is 37.2. The van der Waals surface area contributed by atoms with Gasteiger partial charge in [0.15, 0.2) is 0 Å². The fraction of sp³-hybridized carbons (Fsp3) is 0.812. The number of amides is 2. The van der Waals surface area contributed by atoms with Crippen molar-refractivity contribution >= 4 is 18.0 Å². The molecule has 0 aromatic carbocycles. The molecule has 22 heavy (non-hydrogen) atoms. The van der Waals surface area contributed by atoms with E-state index in [1.165, 1.54) is 0 Å². The average molecular weight is 313 g/mol. The van der Waals surface area contributed by atoms with Crippen molar-refractivity contribution < 1.29 is 23.9 Å². The molecule has 126 valence electrons. The van der Waals surface area contributed by atoms with Crippen molar-refractivity contribution in [1.82, 2.24) is 4.90 Å². The minimum absolute atomic E-state index is 0.157. The molecule has 0 bridgehead atoms. The monoisotopic (exact) mass is 313 g/mol. The maximum Gasteiger partial charge on any atom is 0.420 e. The molecule has 0 unspecified atom stereocenters. The van der Waals surface area contributed by atoms with Gasteiger partial charge in [0.05, 0.1) is 0 Å². The van der Waals surface area contributed by atoms with Crippen LogP contribution in [0.3, 0.4) is 0 Å². The van der Waals surface area contributed by atoms with E-state index in [4.69, 9.17) is 9.47 Å². The van der Waals surface area contributed by atoms with Gasteiger partial charge in [-0.15, -0.1) is 0 Å². The Bertz CT molecular complexity index is 406. The highest BCUT2D eigenvalue weighted by atomic mass is 16.6. The van der Waals surface area contributed by atoms with Gasteiger partial charge in [-0.2, -0.15) is 0 Å². The van der Waals surface area contributed by atoms with Gasteiger partial charge in [0.2, 0.25) is 0 Å². The lowest BCUT2D eigenvalue weighted by Gasteiger charge is -2.34. The quantitative estimate of drug-likeness (QED) is 0.738. The van der Waals surface area contributed by atoms with Crippen molar-refractivity contribution in [3.63, 3.8) is 0 Å². The summed E-state index contributed by atoms with van der Waals surface area (Å²) in [5, 5.41) is 0. The van der Waals surface area contributed by atoms with E-state index < -0.39 is 23.4 Å². The number of rotatable bonds is 1. The number of hydrogen-bond donors (Lipinski definition) is 0. The number of imide groups is 1. The highest BCUT2D eigenvalue weighted by Crippen LogP contribution is 2.24. The van der Waals surface area contributed by atoms with E-state index in [1.807, 2.05) is 0 Å². The van der Waals surface area contributed by atoms with Gasteiger partial charge in [-0.25, -0.2) is 14.5 Å². The molecular weight excluding hydrogens is 286 g/mol. The normalized spacial score (nSPS) is 17.1. The molecule has 0 aliphatic heterocycles. The number of carbonyl (C=O) groups is 3. The summed E-state index contributed by atoms with van der Waals surface area (Å²) in [6, 6.07) is -0.359. The molecule has 0 aromatic rings. The lowest BCUT2D eigenvalue weighted by atomic mass is 9.93. The second-order valence-electron chi connectivity index (χ2n) is 7.60. The topological polar surface area (TPSA) is 72.9 Å². The SMILES string of the molecule is CC(C)(C)OC(=O)N(C(=O)OC(C)(C)C)C1CCC(=O)CC1. The predicted octanol–water partition coefficient (Wildman–Crippen LogP) is 3.67. The molecule has 1 aliphatic carbocycles. The van der Waals surface area contributed by atoms with Crippen molar-refractivity contribution in [2.24, 2.45) is 0 Å². The Morgan fingerprint density at radius 2 is 1.27 bits per heavy atom. The Kier molecular flexibility index (Phi) is 5.59. The summed E-state index contributed by atoms with van der Waals surface area (Å²) in [6.07, 6.45) is 0.205. The third-order valence-electron chi connectivity index (χ3n) is 3.06. The van der Waals surface area contributed by atoms with E-state index in [1.54, 1.807) is 41.5 Å². The summed E-state index contributed by atoms with van der Waals surface area (Å²) < 4.78 is 10.6. The fourth-order valence-electron chi connectivity index (χ4n) is 2.18. The highest BCUT2D eigenvalue weighted by Gasteiger charge is 2.38. The first-order valence-corrected chi connectivity index (χ1v) is 7.66. The Hall–Kier alpha value is -1.59. The zero-order valence-corrected chi connectivity index (χ0v) is 14.4. The molecule has 1 fully saturated rings. The smallest absolute Gasteiger partial charge is 0.420 e. The Morgan fingerprint density at radius 1 is 0.909 bits per heavy atom. The van der Waals surface area contributed by atoms with Crippen LogP contribution in [0.15, 0.2) is 0 Å². The van der Waals surface area contributed by atoms with E-state index in [0.29, 0.717) is 25.7 Å². The van der Waals surface area contributed by atoms with Crippen LogP contribution in [0, 0.1) is 0 Å². The highest BCUT2D eigenvalue weighted by molar-refractivity contribution is 5.89. The number of ketones is 1. The van der Waals surface area contributed by atoms with Crippen molar-refractivity contribution in [1.29, 1.82) is 0 Å². The average Bonchev–Trinajstić information content (AvgIpc) is 2.27. The minimum atomic E-state index is -0.721. The van der Waals surface area contributed by atoms with Crippen LogP contribution in [0.2, 0.25) is 0 Å². The molecule has 6 heteroatoms. The predicted molar refractivity (Wildman–Crippen MR) is 81.6 cm³/mol. The van der Waals surface area contributed by atoms with Gasteiger partial charge in [-0.3, -0.25) is 4.79 Å². The first-order valence-electron chi connectivity index (χ1n) is 7.66. The zero-order valence-electron chi connectivity index (χ0n) is 14.4. The summed E-state index contributed by atoms with van der Waals surface area (Å²) in [5.41, 5.74) is -1.41. The number of ether oxygens (including phenoxy) is 2. The second-order valence-corrected chi connectivity index (χ2v) is 7.60. The summed E-state index contributed by atoms with van der Waals surface area (Å²) in [7, 11) is 0. The molecule has 0 atom stereocenters. The maximum atomic E-state index is 12.4. The summed E-state index contributed by atoms with van der Waals surface area (Å²) in [5.74, 6) is 0.157. The Labute approximate surface area is 132 Å². The van der Waals surface area contributed by atoms with Crippen LogP contribution in [0.5, 0.6) is 0 Å². The summed E-state index contributed by atoms with van der Waals surface area (Å²) >= 11 is 0. The minimum Gasteiger partial charge on any atom is -0.443 e. The van der Waals surface area contributed by atoms with Crippen LogP contribution in [0.25, 0.3) is 0 Å². The van der Waals surface area contributed by atoms with E-state index in [9.17, 15) is 14.4 Å². The van der Waals surface area contributed by atoms with Crippen LogP contribution in [0.1, 0.15) is 67.2 Å². The van der Waals surface area contributed by atoms with Crippen LogP contribution < -0.4 is 0 Å². The molecule has 0 N–H and O–H groups in total. The third-order valence-corrected chi connectivity index (χ3v) is 3.06. The van der Waals surface area contributed by atoms with Crippen molar-refractivity contribution in [3.8, 4) is 0 Å². The van der Waals surface area contributed by atoms with Gasteiger partial charge in [-0.05, 0) is 54.4 Å². The van der Waals surface area contributed by atoms with Gasteiger partial charge in [0.25, 0.3) is 0 Å². The summed E-state index contributed by atoms with van der Waals surface area (Å²) in [6.45, 7) is 10.4. The van der Waals surface area contributed by atoms with Crippen LogP contribution in [0.4, 0.5) is 9.59 Å². The third kappa shape index (κ3) is 6.03. The molecule has 1 aliphatic rings. The molecule has 1 rings (SSSR count). The van der Waals surface area contributed by atoms with Gasteiger partial charge >= 0.3 is 12.2 Å². The fourth-order valence-corrected chi connectivity index (χ4v) is 2.18. The van der Waals surface area contributed by atoms with Crippen molar-refractivity contribution in [3.05, 3.63) is 0 Å². The molecular formula is C16H27NO5. The van der Waals surface area contributed by atoms with Gasteiger partial charge in [0.1, 0.15) is 17.0 Å². The number of Topliss-reactive ketones (excluding diaryl/α,β-unsaturated/α-hetero) is 1. The molecule has 0 radical (unpaired) electrons. The first kappa shape index (κ1) is 18.5.